The number of nitrogens with two attached hydrogens (primary N) is 1. The molecule has 0 radical (unpaired) electrons. The van der Waals surface area contributed by atoms with E-state index < -0.39 is 0 Å². The molecule has 0 saturated carbocycles. The summed E-state index contributed by atoms with van der Waals surface area (Å²) in [5.74, 6) is -0.250. The van der Waals surface area contributed by atoms with Crippen LogP contribution in [-0.4, -0.2) is 5.91 Å². The lowest BCUT2D eigenvalue weighted by Gasteiger charge is -1.90. The molecule has 0 aliphatic carbocycles. The SMILES string of the molecule is CC(C)C(N)=O.Cl.Cl. The van der Waals surface area contributed by atoms with Crippen molar-refractivity contribution in [1.29, 1.82) is 0 Å². The van der Waals surface area contributed by atoms with Crippen LogP contribution in [0.3, 0.4) is 0 Å². The van der Waals surface area contributed by atoms with E-state index in [1.807, 2.05) is 0 Å². The van der Waals surface area contributed by atoms with Crippen LogP contribution in [0.25, 0.3) is 0 Å². The largest absolute Gasteiger partial charge is 0.369 e. The zero-order chi connectivity index (χ0) is 5.15. The molecule has 0 unspecified atom stereocenters. The van der Waals surface area contributed by atoms with E-state index in [1.54, 1.807) is 13.8 Å². The van der Waals surface area contributed by atoms with Crippen LogP contribution in [0.2, 0.25) is 0 Å². The Balaban J connectivity index is -0.000000125. The Kier molecular flexibility index (Phi) is 13.8. The van der Waals surface area contributed by atoms with Gasteiger partial charge in [0.1, 0.15) is 0 Å². The summed E-state index contributed by atoms with van der Waals surface area (Å²) >= 11 is 0. The number of amides is 1. The molecule has 0 rings (SSSR count). The van der Waals surface area contributed by atoms with Gasteiger partial charge in [0.15, 0.2) is 0 Å². The van der Waals surface area contributed by atoms with E-state index in [1.165, 1.54) is 0 Å². The number of hydrogen-bond donors (Lipinski definition) is 1. The first-order chi connectivity index (χ1) is 2.64. The van der Waals surface area contributed by atoms with Crippen molar-refractivity contribution in [2.24, 2.45) is 11.7 Å². The van der Waals surface area contributed by atoms with Crippen molar-refractivity contribution in [2.45, 2.75) is 13.8 Å². The van der Waals surface area contributed by atoms with Gasteiger partial charge < -0.3 is 5.73 Å². The van der Waals surface area contributed by atoms with Crippen LogP contribution in [0.1, 0.15) is 13.8 Å². The minimum atomic E-state index is -0.241. The second-order valence-electron chi connectivity index (χ2n) is 1.56. The highest BCUT2D eigenvalue weighted by molar-refractivity contribution is 5.85. The highest BCUT2D eigenvalue weighted by Crippen LogP contribution is 1.84. The Morgan fingerprint density at radius 1 is 1.38 bits per heavy atom. The Morgan fingerprint density at radius 3 is 1.50 bits per heavy atom. The molecule has 0 fully saturated rings. The lowest BCUT2D eigenvalue weighted by atomic mass is 10.2. The smallest absolute Gasteiger partial charge is 0.219 e. The van der Waals surface area contributed by atoms with Gasteiger partial charge in [-0.15, -0.1) is 24.8 Å². The van der Waals surface area contributed by atoms with Crippen LogP contribution in [0.4, 0.5) is 0 Å². The molecule has 52 valence electrons. The zero-order valence-electron chi connectivity index (χ0n) is 4.88. The Hall–Kier alpha value is 0.0500. The summed E-state index contributed by atoms with van der Waals surface area (Å²) in [5.41, 5.74) is 4.80. The van der Waals surface area contributed by atoms with Gasteiger partial charge in [0.05, 0.1) is 0 Å². The summed E-state index contributed by atoms with van der Waals surface area (Å²) < 4.78 is 0. The van der Waals surface area contributed by atoms with E-state index in [9.17, 15) is 4.79 Å². The molecule has 2 nitrogen and oxygen atoms in total. The monoisotopic (exact) mass is 159 g/mol. The molecule has 2 N–H and O–H groups in total. The fraction of sp³-hybridized carbons (Fsp3) is 0.750. The van der Waals surface area contributed by atoms with Crippen molar-refractivity contribution in [3.63, 3.8) is 0 Å². The van der Waals surface area contributed by atoms with Gasteiger partial charge in [0, 0.05) is 5.92 Å². The number of carbonyl (C=O) groups excluding carboxylic acids is 1. The van der Waals surface area contributed by atoms with Crippen molar-refractivity contribution < 1.29 is 4.79 Å². The average Bonchev–Trinajstić information content (AvgIpc) is 1.36. The molecule has 0 bridgehead atoms. The summed E-state index contributed by atoms with van der Waals surface area (Å²) in [6.45, 7) is 3.53. The lowest BCUT2D eigenvalue weighted by Crippen LogP contribution is -2.17. The van der Waals surface area contributed by atoms with Crippen molar-refractivity contribution >= 4 is 30.7 Å². The van der Waals surface area contributed by atoms with Gasteiger partial charge in [0.2, 0.25) is 5.91 Å². The summed E-state index contributed by atoms with van der Waals surface area (Å²) in [4.78, 5) is 9.92. The van der Waals surface area contributed by atoms with E-state index in [4.69, 9.17) is 5.73 Å². The summed E-state index contributed by atoms with van der Waals surface area (Å²) in [7, 11) is 0. The lowest BCUT2D eigenvalue weighted by molar-refractivity contribution is -0.120. The number of halogens is 2. The third-order valence-corrected chi connectivity index (χ3v) is 0.569. The predicted octanol–water partition coefficient (Wildman–Crippen LogP) is 0.971. The van der Waals surface area contributed by atoms with Crippen molar-refractivity contribution in [3.8, 4) is 0 Å². The minimum absolute atomic E-state index is 0. The highest BCUT2D eigenvalue weighted by Gasteiger charge is 1.96. The van der Waals surface area contributed by atoms with E-state index in [0.29, 0.717) is 0 Å². The molecule has 0 saturated heterocycles. The third kappa shape index (κ3) is 9.41. The number of rotatable bonds is 1. The molecule has 0 aromatic carbocycles. The van der Waals surface area contributed by atoms with Crippen LogP contribution in [0, 0.1) is 5.92 Å². The van der Waals surface area contributed by atoms with Gasteiger partial charge in [-0.1, -0.05) is 13.8 Å². The quantitative estimate of drug-likeness (QED) is 0.610. The fourth-order valence-corrected chi connectivity index (χ4v) is 0. The summed E-state index contributed by atoms with van der Waals surface area (Å²) in [5, 5.41) is 0. The van der Waals surface area contributed by atoms with Crippen molar-refractivity contribution in [3.05, 3.63) is 0 Å². The number of primary amides is 1. The second kappa shape index (κ2) is 7.05. The van der Waals surface area contributed by atoms with Gasteiger partial charge in [-0.25, -0.2) is 0 Å². The molecule has 0 aromatic heterocycles. The Bertz CT molecular complexity index is 65.1. The molecule has 0 atom stereocenters. The van der Waals surface area contributed by atoms with Gasteiger partial charge in [-0.05, 0) is 0 Å². The fourth-order valence-electron chi connectivity index (χ4n) is 0. The number of hydrogen-bond acceptors (Lipinski definition) is 1. The zero-order valence-corrected chi connectivity index (χ0v) is 6.51. The van der Waals surface area contributed by atoms with Crippen molar-refractivity contribution in [1.82, 2.24) is 0 Å². The molecule has 0 aromatic rings. The van der Waals surface area contributed by atoms with Gasteiger partial charge in [-0.2, -0.15) is 0 Å². The van der Waals surface area contributed by atoms with Crippen LogP contribution in [0.15, 0.2) is 0 Å². The molecule has 1 amide bonds. The van der Waals surface area contributed by atoms with E-state index in [2.05, 4.69) is 0 Å². The topological polar surface area (TPSA) is 43.1 Å². The molecule has 4 heteroatoms. The molecular weight excluding hydrogens is 149 g/mol. The maximum Gasteiger partial charge on any atom is 0.219 e. The standard InChI is InChI=1S/C4H9NO.2ClH/c1-3(2)4(5)6;;/h3H,1-2H3,(H2,5,6);2*1H. The molecule has 0 spiro atoms. The maximum absolute atomic E-state index is 9.92. The van der Waals surface area contributed by atoms with E-state index in [-0.39, 0.29) is 36.6 Å². The first-order valence-corrected chi connectivity index (χ1v) is 1.94. The van der Waals surface area contributed by atoms with Gasteiger partial charge >= 0.3 is 0 Å². The number of carbonyl (C=O) groups is 1. The van der Waals surface area contributed by atoms with Crippen molar-refractivity contribution in [2.75, 3.05) is 0 Å². The van der Waals surface area contributed by atoms with Crippen LogP contribution in [-0.2, 0) is 4.79 Å². The normalized spacial score (nSPS) is 6.88. The summed E-state index contributed by atoms with van der Waals surface area (Å²) in [6, 6.07) is 0. The van der Waals surface area contributed by atoms with Crippen LogP contribution >= 0.6 is 24.8 Å². The molecular formula is C4H11Cl2NO. The molecule has 0 heterocycles. The minimum Gasteiger partial charge on any atom is -0.369 e. The van der Waals surface area contributed by atoms with Gasteiger partial charge in [-0.3, -0.25) is 4.79 Å². The van der Waals surface area contributed by atoms with E-state index >= 15 is 0 Å². The molecule has 8 heavy (non-hydrogen) atoms. The maximum atomic E-state index is 9.92. The van der Waals surface area contributed by atoms with Crippen LogP contribution < -0.4 is 5.73 Å². The molecule has 0 aliphatic heterocycles. The summed E-state index contributed by atoms with van der Waals surface area (Å²) in [6.07, 6.45) is 0. The predicted molar refractivity (Wildman–Crippen MR) is 38.5 cm³/mol. The van der Waals surface area contributed by atoms with E-state index in [0.717, 1.165) is 0 Å². The Labute approximate surface area is 61.6 Å². The average molecular weight is 160 g/mol. The first-order valence-electron chi connectivity index (χ1n) is 1.94. The van der Waals surface area contributed by atoms with Crippen LogP contribution in [0.5, 0.6) is 0 Å². The van der Waals surface area contributed by atoms with Gasteiger partial charge in [0.25, 0.3) is 0 Å². The second-order valence-corrected chi connectivity index (χ2v) is 1.56. The molecule has 0 aliphatic rings. The third-order valence-electron chi connectivity index (χ3n) is 0.569. The highest BCUT2D eigenvalue weighted by atomic mass is 35.5. The Morgan fingerprint density at radius 2 is 1.50 bits per heavy atom. The first kappa shape index (κ1) is 15.7.